The zero-order valence-electron chi connectivity index (χ0n) is 6.71. The van der Waals surface area contributed by atoms with Gasteiger partial charge in [-0.2, -0.15) is 0 Å². The van der Waals surface area contributed by atoms with E-state index in [1.165, 1.54) is 6.08 Å². The van der Waals surface area contributed by atoms with Gasteiger partial charge < -0.3 is 22.8 Å². The molecule has 1 aliphatic rings. The minimum absolute atomic E-state index is 0. The van der Waals surface area contributed by atoms with Gasteiger partial charge in [-0.15, -0.1) is 0 Å². The third-order valence-electron chi connectivity index (χ3n) is 1.37. The summed E-state index contributed by atoms with van der Waals surface area (Å²) in [5.74, 6) is -0.156. The van der Waals surface area contributed by atoms with Crippen LogP contribution in [0.25, 0.3) is 0 Å². The predicted molar refractivity (Wildman–Crippen MR) is 42.4 cm³/mol. The van der Waals surface area contributed by atoms with E-state index in [2.05, 4.69) is 11.4 Å². The minimum atomic E-state index is -0.156. The van der Waals surface area contributed by atoms with E-state index in [9.17, 15) is 4.79 Å². The second kappa shape index (κ2) is 6.33. The fourth-order valence-corrected chi connectivity index (χ4v) is 0.797. The Kier molecular flexibility index (Phi) is 6.22. The Morgan fingerprint density at radius 1 is 1.58 bits per heavy atom. The van der Waals surface area contributed by atoms with Crippen LogP contribution in [0, 0.1) is 12.7 Å². The Morgan fingerprint density at radius 3 is 3.00 bits per heavy atom. The third-order valence-corrected chi connectivity index (χ3v) is 1.37. The van der Waals surface area contributed by atoms with Gasteiger partial charge in [-0.05, 0) is 0 Å². The molecule has 0 aromatic rings. The van der Waals surface area contributed by atoms with Gasteiger partial charge in [0.1, 0.15) is 0 Å². The molecule has 1 radical (unpaired) electrons. The fourth-order valence-electron chi connectivity index (χ4n) is 0.797. The van der Waals surface area contributed by atoms with Crippen molar-refractivity contribution in [3.63, 3.8) is 0 Å². The first kappa shape index (κ1) is 11.8. The van der Waals surface area contributed by atoms with Gasteiger partial charge in [0.25, 0.3) is 0 Å². The zero-order chi connectivity index (χ0) is 8.10. The SMILES string of the molecule is [CH-]=CC1=[C-]C/C=C\CNC1=O.[Y]. The Bertz CT molecular complexity index is 231. The molecule has 1 amide bonds. The second-order valence-corrected chi connectivity index (χ2v) is 2.14. The molecule has 0 unspecified atom stereocenters. The molecule has 0 aliphatic carbocycles. The fraction of sp³-hybridized carbons (Fsp3) is 0.222. The Balaban J connectivity index is 0.00000121. The van der Waals surface area contributed by atoms with Gasteiger partial charge in [-0.25, -0.2) is 0 Å². The number of nitrogens with one attached hydrogen (secondary N) is 1. The van der Waals surface area contributed by atoms with E-state index in [1.807, 2.05) is 12.2 Å². The number of amides is 1. The van der Waals surface area contributed by atoms with Crippen molar-refractivity contribution in [2.24, 2.45) is 0 Å². The van der Waals surface area contributed by atoms with Crippen LogP contribution in [-0.2, 0) is 37.5 Å². The van der Waals surface area contributed by atoms with Crippen molar-refractivity contribution in [1.29, 1.82) is 0 Å². The molecular formula is C9H9NOY-2. The van der Waals surface area contributed by atoms with Gasteiger partial charge in [0, 0.05) is 39.3 Å². The van der Waals surface area contributed by atoms with Crippen LogP contribution in [0.4, 0.5) is 0 Å². The second-order valence-electron chi connectivity index (χ2n) is 2.14. The van der Waals surface area contributed by atoms with Crippen molar-refractivity contribution < 1.29 is 37.5 Å². The molecule has 0 saturated carbocycles. The van der Waals surface area contributed by atoms with Gasteiger partial charge >= 0.3 is 0 Å². The topological polar surface area (TPSA) is 29.1 Å². The van der Waals surface area contributed by atoms with Gasteiger partial charge in [-0.3, -0.25) is 11.6 Å². The van der Waals surface area contributed by atoms with Crippen LogP contribution in [0.15, 0.2) is 23.8 Å². The van der Waals surface area contributed by atoms with Crippen molar-refractivity contribution in [1.82, 2.24) is 5.32 Å². The first-order valence-electron chi connectivity index (χ1n) is 3.43. The van der Waals surface area contributed by atoms with Gasteiger partial charge in [0.2, 0.25) is 0 Å². The first-order valence-corrected chi connectivity index (χ1v) is 3.43. The molecule has 1 N–H and O–H groups in total. The van der Waals surface area contributed by atoms with Crippen LogP contribution in [-0.4, -0.2) is 12.5 Å². The van der Waals surface area contributed by atoms with Crippen LogP contribution in [0.3, 0.4) is 0 Å². The van der Waals surface area contributed by atoms with Gasteiger partial charge in [0.05, 0.1) is 5.91 Å². The number of rotatable bonds is 1. The molecule has 2 nitrogen and oxygen atoms in total. The monoisotopic (exact) mass is 236 g/mol. The molecule has 0 aromatic carbocycles. The summed E-state index contributed by atoms with van der Waals surface area (Å²) in [5, 5.41) is 2.65. The molecule has 0 bridgehead atoms. The van der Waals surface area contributed by atoms with E-state index in [1.54, 1.807) is 0 Å². The maximum absolute atomic E-state index is 11.0. The Hall–Kier alpha value is -0.206. The Labute approximate surface area is 97.7 Å². The van der Waals surface area contributed by atoms with Gasteiger partial charge in [-0.1, -0.05) is 18.6 Å². The first-order chi connectivity index (χ1) is 5.34. The van der Waals surface area contributed by atoms with E-state index in [-0.39, 0.29) is 38.6 Å². The van der Waals surface area contributed by atoms with Crippen LogP contribution in [0.2, 0.25) is 0 Å². The van der Waals surface area contributed by atoms with E-state index in [0.29, 0.717) is 18.5 Å². The van der Waals surface area contributed by atoms with Crippen molar-refractivity contribution in [2.75, 3.05) is 6.54 Å². The molecule has 0 fully saturated rings. The Morgan fingerprint density at radius 2 is 2.33 bits per heavy atom. The minimum Gasteiger partial charge on any atom is -0.416 e. The van der Waals surface area contributed by atoms with E-state index in [4.69, 9.17) is 6.58 Å². The zero-order valence-corrected chi connectivity index (χ0v) is 9.55. The summed E-state index contributed by atoms with van der Waals surface area (Å²) in [6.45, 7) is 5.77. The van der Waals surface area contributed by atoms with Gasteiger partial charge in [0.15, 0.2) is 0 Å². The molecule has 0 aromatic heterocycles. The van der Waals surface area contributed by atoms with Crippen LogP contribution in [0.1, 0.15) is 6.42 Å². The van der Waals surface area contributed by atoms with Crippen molar-refractivity contribution in [3.8, 4) is 0 Å². The normalized spacial score (nSPS) is 19.0. The molecule has 61 valence electrons. The third kappa shape index (κ3) is 3.46. The quantitative estimate of drug-likeness (QED) is 0.529. The van der Waals surface area contributed by atoms with Crippen LogP contribution >= 0.6 is 0 Å². The van der Waals surface area contributed by atoms with E-state index < -0.39 is 0 Å². The average Bonchev–Trinajstić information content (AvgIpc) is 1.98. The summed E-state index contributed by atoms with van der Waals surface area (Å²) in [5.41, 5.74) is 0.425. The number of hydrogen-bond acceptors (Lipinski definition) is 1. The molecule has 0 spiro atoms. The smallest absolute Gasteiger partial charge is 0.0532 e. The summed E-state index contributed by atoms with van der Waals surface area (Å²) in [6, 6.07) is 0. The van der Waals surface area contributed by atoms with Crippen molar-refractivity contribution in [3.05, 3.63) is 36.5 Å². The molecule has 1 aliphatic heterocycles. The largest absolute Gasteiger partial charge is 0.416 e. The summed E-state index contributed by atoms with van der Waals surface area (Å²) in [4.78, 5) is 11.0. The van der Waals surface area contributed by atoms with Crippen molar-refractivity contribution >= 4 is 5.91 Å². The predicted octanol–water partition coefficient (Wildman–Crippen LogP) is 0.779. The number of allylic oxidation sites excluding steroid dienone is 2. The van der Waals surface area contributed by atoms with Crippen LogP contribution < -0.4 is 5.32 Å². The number of hydrogen-bond donors (Lipinski definition) is 1. The molecule has 0 atom stereocenters. The molecule has 12 heavy (non-hydrogen) atoms. The van der Waals surface area contributed by atoms with Crippen molar-refractivity contribution in [2.45, 2.75) is 6.42 Å². The average molecular weight is 236 g/mol. The van der Waals surface area contributed by atoms with E-state index >= 15 is 0 Å². The standard InChI is InChI=1S/C9H9NO.Y/c1-2-8-6-4-3-5-7-10-9(8)11;/h1-3,5H,4,7H2,(H,10,11);/q-2;/b5-3-;. The summed E-state index contributed by atoms with van der Waals surface area (Å²) < 4.78 is 0. The molecule has 1 heterocycles. The molecule has 1 rings (SSSR count). The maximum atomic E-state index is 11.0. The van der Waals surface area contributed by atoms with E-state index in [0.717, 1.165) is 0 Å². The molecule has 0 saturated heterocycles. The summed E-state index contributed by atoms with van der Waals surface area (Å²) >= 11 is 0. The summed E-state index contributed by atoms with van der Waals surface area (Å²) in [6.07, 6.45) is 8.60. The number of carbonyl (C=O) groups excluding carboxylic acids is 1. The molecule has 3 heteroatoms. The van der Waals surface area contributed by atoms with Crippen LogP contribution in [0.5, 0.6) is 0 Å². The summed E-state index contributed by atoms with van der Waals surface area (Å²) in [7, 11) is 0. The maximum Gasteiger partial charge on any atom is 0.0532 e. The number of carbonyl (C=O) groups is 1. The molecular weight excluding hydrogens is 227 g/mol.